The maximum Gasteiger partial charge on any atom is 0.339 e. The summed E-state index contributed by atoms with van der Waals surface area (Å²) in [7, 11) is 0. The van der Waals surface area contributed by atoms with Crippen LogP contribution in [-0.4, -0.2) is 22.5 Å². The summed E-state index contributed by atoms with van der Waals surface area (Å²) in [6, 6.07) is 20.3. The van der Waals surface area contributed by atoms with Crippen LogP contribution >= 0.6 is 0 Å². The lowest BCUT2D eigenvalue weighted by atomic mass is 10.1. The summed E-state index contributed by atoms with van der Waals surface area (Å²) < 4.78 is 7.53. The van der Waals surface area contributed by atoms with E-state index in [4.69, 9.17) is 4.74 Å². The highest BCUT2D eigenvalue weighted by Gasteiger charge is 2.31. The summed E-state index contributed by atoms with van der Waals surface area (Å²) in [4.78, 5) is 25.4. The largest absolute Gasteiger partial charge is 0.444 e. The molecule has 1 atom stereocenters. The molecule has 2 aromatic carbocycles. The highest BCUT2D eigenvalue weighted by Crippen LogP contribution is 2.24. The monoisotopic (exact) mass is 360 g/mol. The molecule has 5 nitrogen and oxygen atoms in total. The molecule has 1 aliphatic carbocycles. The Morgan fingerprint density at radius 3 is 2.41 bits per heavy atom. The molecule has 1 amide bonds. The van der Waals surface area contributed by atoms with Crippen molar-refractivity contribution in [3.63, 3.8) is 0 Å². The summed E-state index contributed by atoms with van der Waals surface area (Å²) in [5.74, 6) is -0.803. The van der Waals surface area contributed by atoms with Gasteiger partial charge in [0.15, 0.2) is 0 Å². The van der Waals surface area contributed by atoms with E-state index in [1.807, 2.05) is 53.4 Å². The van der Waals surface area contributed by atoms with E-state index in [0.717, 1.165) is 18.5 Å². The van der Waals surface area contributed by atoms with E-state index in [0.29, 0.717) is 11.1 Å². The number of carbonyl (C=O) groups excluding carboxylic acids is 2. The van der Waals surface area contributed by atoms with Crippen molar-refractivity contribution in [2.45, 2.75) is 25.0 Å². The van der Waals surface area contributed by atoms with Gasteiger partial charge in [-0.15, -0.1) is 0 Å². The molecule has 0 unspecified atom stereocenters. The van der Waals surface area contributed by atoms with Crippen LogP contribution in [0.3, 0.4) is 0 Å². The van der Waals surface area contributed by atoms with Crippen LogP contribution in [0.4, 0.5) is 0 Å². The number of rotatable bonds is 6. The number of benzene rings is 2. The number of nitrogens with zero attached hydrogens (tertiary/aromatic N) is 1. The zero-order chi connectivity index (χ0) is 18.6. The van der Waals surface area contributed by atoms with Crippen LogP contribution in [-0.2, 0) is 9.53 Å². The first-order valence-electron chi connectivity index (χ1n) is 9.00. The van der Waals surface area contributed by atoms with E-state index in [2.05, 4.69) is 5.32 Å². The Labute approximate surface area is 157 Å². The third-order valence-corrected chi connectivity index (χ3v) is 4.47. The average molecular weight is 360 g/mol. The van der Waals surface area contributed by atoms with Crippen molar-refractivity contribution in [2.75, 3.05) is 0 Å². The first-order chi connectivity index (χ1) is 13.2. The first kappa shape index (κ1) is 17.1. The molecule has 1 aliphatic rings. The number of esters is 1. The van der Waals surface area contributed by atoms with E-state index < -0.39 is 12.1 Å². The number of aromatic nitrogens is 1. The van der Waals surface area contributed by atoms with Crippen LogP contribution in [0.2, 0.25) is 0 Å². The van der Waals surface area contributed by atoms with Crippen molar-refractivity contribution >= 4 is 11.9 Å². The van der Waals surface area contributed by atoms with Crippen LogP contribution in [0.15, 0.2) is 79.1 Å². The van der Waals surface area contributed by atoms with Crippen LogP contribution in [0.25, 0.3) is 5.69 Å². The van der Waals surface area contributed by atoms with Crippen molar-refractivity contribution in [3.05, 3.63) is 90.3 Å². The number of nitrogens with one attached hydrogen (secondary N) is 1. The van der Waals surface area contributed by atoms with Gasteiger partial charge in [-0.3, -0.25) is 4.79 Å². The van der Waals surface area contributed by atoms with Crippen molar-refractivity contribution in [2.24, 2.45) is 0 Å². The molecule has 1 fully saturated rings. The predicted molar refractivity (Wildman–Crippen MR) is 102 cm³/mol. The number of hydrogen-bond donors (Lipinski definition) is 1. The maximum atomic E-state index is 12.7. The molecule has 4 rings (SSSR count). The lowest BCUT2D eigenvalue weighted by molar-refractivity contribution is -0.130. The molecule has 1 aromatic heterocycles. The van der Waals surface area contributed by atoms with Gasteiger partial charge in [-0.2, -0.15) is 0 Å². The maximum absolute atomic E-state index is 12.7. The minimum Gasteiger partial charge on any atom is -0.444 e. The van der Waals surface area contributed by atoms with E-state index >= 15 is 0 Å². The third kappa shape index (κ3) is 4.08. The second-order valence-electron chi connectivity index (χ2n) is 6.62. The first-order valence-corrected chi connectivity index (χ1v) is 9.00. The standard InChI is InChI=1S/C22H20N2O3/c25-21(23-18-11-12-18)20(16-7-2-1-3-8-16)27-22(26)17-9-6-10-19(15-17)24-13-4-5-14-24/h1-10,13-15,18,20H,11-12H2,(H,23,25)/t20-/m0/s1. The zero-order valence-electron chi connectivity index (χ0n) is 14.7. The van der Waals surface area contributed by atoms with Gasteiger partial charge >= 0.3 is 5.97 Å². The van der Waals surface area contributed by atoms with Gasteiger partial charge in [-0.25, -0.2) is 4.79 Å². The fraction of sp³-hybridized carbons (Fsp3) is 0.182. The summed E-state index contributed by atoms with van der Waals surface area (Å²) in [6.45, 7) is 0. The molecule has 0 aliphatic heterocycles. The smallest absolute Gasteiger partial charge is 0.339 e. The molecule has 0 bridgehead atoms. The minimum absolute atomic E-state index is 0.194. The Morgan fingerprint density at radius 2 is 1.70 bits per heavy atom. The van der Waals surface area contributed by atoms with E-state index in [9.17, 15) is 9.59 Å². The molecule has 1 heterocycles. The van der Waals surface area contributed by atoms with Gasteiger partial charge in [-0.1, -0.05) is 36.4 Å². The molecule has 0 spiro atoms. The van der Waals surface area contributed by atoms with Crippen LogP contribution in [0.5, 0.6) is 0 Å². The third-order valence-electron chi connectivity index (χ3n) is 4.47. The molecule has 0 radical (unpaired) electrons. The van der Waals surface area contributed by atoms with Gasteiger partial charge in [0, 0.05) is 29.7 Å². The van der Waals surface area contributed by atoms with E-state index in [-0.39, 0.29) is 11.9 Å². The number of amides is 1. The summed E-state index contributed by atoms with van der Waals surface area (Å²) in [5, 5.41) is 2.92. The fourth-order valence-corrected chi connectivity index (χ4v) is 2.88. The van der Waals surface area contributed by atoms with Crippen molar-refractivity contribution in [1.29, 1.82) is 0 Å². The Morgan fingerprint density at radius 1 is 0.963 bits per heavy atom. The fourth-order valence-electron chi connectivity index (χ4n) is 2.88. The summed E-state index contributed by atoms with van der Waals surface area (Å²) >= 11 is 0. The second kappa shape index (κ2) is 7.50. The van der Waals surface area contributed by atoms with Gasteiger partial charge in [0.2, 0.25) is 6.10 Å². The molecule has 1 saturated carbocycles. The molecule has 136 valence electrons. The summed E-state index contributed by atoms with van der Waals surface area (Å²) in [5.41, 5.74) is 1.92. The Bertz CT molecular complexity index is 931. The average Bonchev–Trinajstić information content (AvgIpc) is 3.34. The van der Waals surface area contributed by atoms with Crippen LogP contribution < -0.4 is 5.32 Å². The molecular weight excluding hydrogens is 340 g/mol. The Kier molecular flexibility index (Phi) is 4.75. The van der Waals surface area contributed by atoms with Crippen molar-refractivity contribution in [3.8, 4) is 5.69 Å². The minimum atomic E-state index is -0.963. The molecule has 27 heavy (non-hydrogen) atoms. The molecule has 1 N–H and O–H groups in total. The van der Waals surface area contributed by atoms with Crippen LogP contribution in [0.1, 0.15) is 34.9 Å². The molecule has 5 heteroatoms. The van der Waals surface area contributed by atoms with Crippen molar-refractivity contribution in [1.82, 2.24) is 9.88 Å². The van der Waals surface area contributed by atoms with Gasteiger partial charge in [0.1, 0.15) is 0 Å². The molecular formula is C22H20N2O3. The zero-order valence-corrected chi connectivity index (χ0v) is 14.7. The normalized spacial score (nSPS) is 14.4. The topological polar surface area (TPSA) is 60.3 Å². The lowest BCUT2D eigenvalue weighted by Crippen LogP contribution is -2.33. The number of ether oxygens (including phenoxy) is 1. The van der Waals surface area contributed by atoms with Gasteiger partial charge in [-0.05, 0) is 43.2 Å². The van der Waals surface area contributed by atoms with E-state index in [1.165, 1.54) is 0 Å². The highest BCUT2D eigenvalue weighted by atomic mass is 16.5. The Balaban J connectivity index is 1.56. The van der Waals surface area contributed by atoms with Gasteiger partial charge < -0.3 is 14.6 Å². The second-order valence-corrected chi connectivity index (χ2v) is 6.62. The van der Waals surface area contributed by atoms with E-state index in [1.54, 1.807) is 30.3 Å². The van der Waals surface area contributed by atoms with Gasteiger partial charge in [0.05, 0.1) is 5.56 Å². The highest BCUT2D eigenvalue weighted by molar-refractivity contribution is 5.93. The molecule has 3 aromatic rings. The van der Waals surface area contributed by atoms with Crippen LogP contribution in [0, 0.1) is 0 Å². The quantitative estimate of drug-likeness (QED) is 0.683. The van der Waals surface area contributed by atoms with Crippen molar-refractivity contribution < 1.29 is 14.3 Å². The Hall–Kier alpha value is -3.34. The lowest BCUT2D eigenvalue weighted by Gasteiger charge is -2.18. The predicted octanol–water partition coefficient (Wildman–Crippen LogP) is 3.65. The summed E-state index contributed by atoms with van der Waals surface area (Å²) in [6.07, 6.45) is 4.79. The SMILES string of the molecule is O=C(O[C@H](C(=O)NC1CC1)c1ccccc1)c1cccc(-n2cccc2)c1. The number of hydrogen-bond acceptors (Lipinski definition) is 3. The molecule has 0 saturated heterocycles. The van der Waals surface area contributed by atoms with Gasteiger partial charge in [0.25, 0.3) is 5.91 Å². The number of carbonyl (C=O) groups is 2.